The molecule has 0 radical (unpaired) electrons. The van der Waals surface area contributed by atoms with Gasteiger partial charge in [0.05, 0.1) is 11.6 Å². The lowest BCUT2D eigenvalue weighted by Gasteiger charge is -2.35. The quantitative estimate of drug-likeness (QED) is 0.139. The molecule has 3 aliphatic heterocycles. The number of urea groups is 1. The number of nitrogens with two attached hydrogens (primary N) is 1. The third-order valence-corrected chi connectivity index (χ3v) is 11.4. The fourth-order valence-corrected chi connectivity index (χ4v) is 8.22. The summed E-state index contributed by atoms with van der Waals surface area (Å²) in [5, 5.41) is 17.8. The Labute approximate surface area is 348 Å². The molecule has 0 saturated carbocycles. The Bertz CT molecular complexity index is 2590. The van der Waals surface area contributed by atoms with Gasteiger partial charge in [-0.25, -0.2) is 14.2 Å². The number of carbonyl (C=O) groups is 5. The number of likely N-dealkylation sites (N-methyl/N-ethyl adjacent to an activating group) is 1. The molecule has 4 aromatic carbocycles. The first-order valence-corrected chi connectivity index (χ1v) is 19.8. The van der Waals surface area contributed by atoms with Crippen LogP contribution < -0.4 is 26.0 Å². The predicted octanol–water partition coefficient (Wildman–Crippen LogP) is 4.25. The average Bonchev–Trinajstić information content (AvgIpc) is 3.55. The summed E-state index contributed by atoms with van der Waals surface area (Å²) < 4.78 is 22.8. The number of halogens is 2. The van der Waals surface area contributed by atoms with Crippen molar-refractivity contribution < 1.29 is 38.2 Å². The number of ether oxygens (including phenoxy) is 1. The summed E-state index contributed by atoms with van der Waals surface area (Å²) in [6.07, 6.45) is 0.484. The third-order valence-electron chi connectivity index (χ3n) is 11.1. The van der Waals surface area contributed by atoms with Crippen LogP contribution in [0.15, 0.2) is 60.7 Å². The SMILES string of the molecule is CN(CCOc1ccc2c(c1)CN(C1CCC(=O)NC1=O)C2=O)C(=O)CCNc1nc(N2CCN(C(N)=O)CC2)c2cc(Cl)c(-c3cc(O)cc4ccccc34)c(F)c2n1. The largest absolute Gasteiger partial charge is 0.508 e. The molecule has 60 heavy (non-hydrogen) atoms. The van der Waals surface area contributed by atoms with E-state index in [4.69, 9.17) is 27.1 Å². The molecule has 3 aliphatic rings. The molecular formula is C42H41ClFN9O7. The van der Waals surface area contributed by atoms with E-state index < -0.39 is 23.8 Å². The minimum absolute atomic E-state index is 0.0214. The number of aromatic hydroxyl groups is 1. The first-order valence-electron chi connectivity index (χ1n) is 19.5. The lowest BCUT2D eigenvalue weighted by atomic mass is 9.96. The van der Waals surface area contributed by atoms with Crippen molar-refractivity contribution in [2.24, 2.45) is 5.73 Å². The van der Waals surface area contributed by atoms with Crippen molar-refractivity contribution in [3.63, 3.8) is 0 Å². The summed E-state index contributed by atoms with van der Waals surface area (Å²) in [6.45, 7) is 2.13. The Morgan fingerprint density at radius 3 is 2.58 bits per heavy atom. The number of rotatable bonds is 11. The zero-order chi connectivity index (χ0) is 42.2. The molecule has 1 aromatic heterocycles. The van der Waals surface area contributed by atoms with E-state index in [1.807, 2.05) is 29.2 Å². The van der Waals surface area contributed by atoms with Crippen LogP contribution in [0, 0.1) is 5.82 Å². The van der Waals surface area contributed by atoms with Gasteiger partial charge >= 0.3 is 6.03 Å². The van der Waals surface area contributed by atoms with Crippen LogP contribution in [0.4, 0.5) is 21.0 Å². The maximum atomic E-state index is 16.9. The zero-order valence-corrected chi connectivity index (χ0v) is 33.3. The maximum absolute atomic E-state index is 16.9. The smallest absolute Gasteiger partial charge is 0.314 e. The van der Waals surface area contributed by atoms with E-state index in [2.05, 4.69) is 15.6 Å². The summed E-state index contributed by atoms with van der Waals surface area (Å²) in [4.78, 5) is 77.7. The Morgan fingerprint density at radius 2 is 1.82 bits per heavy atom. The molecule has 5 N–H and O–H groups in total. The van der Waals surface area contributed by atoms with Gasteiger partial charge in [-0.2, -0.15) is 4.98 Å². The monoisotopic (exact) mass is 837 g/mol. The summed E-state index contributed by atoms with van der Waals surface area (Å²) in [5.74, 6) is -1.11. The lowest BCUT2D eigenvalue weighted by molar-refractivity contribution is -0.137. The highest BCUT2D eigenvalue weighted by Gasteiger charge is 2.39. The predicted molar refractivity (Wildman–Crippen MR) is 221 cm³/mol. The summed E-state index contributed by atoms with van der Waals surface area (Å²) >= 11 is 6.83. The van der Waals surface area contributed by atoms with E-state index in [0.29, 0.717) is 70.6 Å². The third kappa shape index (κ3) is 7.87. The molecule has 18 heteroatoms. The minimum atomic E-state index is -0.716. The van der Waals surface area contributed by atoms with Crippen LogP contribution >= 0.6 is 11.6 Å². The van der Waals surface area contributed by atoms with Crippen LogP contribution in [0.2, 0.25) is 5.02 Å². The van der Waals surface area contributed by atoms with E-state index in [9.17, 15) is 29.1 Å². The number of hydrogen-bond donors (Lipinski definition) is 4. The molecule has 310 valence electrons. The zero-order valence-electron chi connectivity index (χ0n) is 32.5. The molecular weight excluding hydrogens is 797 g/mol. The maximum Gasteiger partial charge on any atom is 0.314 e. The Morgan fingerprint density at radius 1 is 1.03 bits per heavy atom. The average molecular weight is 838 g/mol. The Hall–Kier alpha value is -6.75. The van der Waals surface area contributed by atoms with Gasteiger partial charge < -0.3 is 40.5 Å². The standard InChI is InChI=1S/C42H41ClFN9O7/c1-50(16-17-60-26-6-7-28-24(19-26)22-53(40(28)58)32-8-9-33(55)47-39(32)57)34(56)10-11-46-42-48-37-30(38(49-42)51-12-14-52(15-13-51)41(45)59)21-31(43)35(36(37)44)29-20-25(54)18-23-4-2-3-5-27(23)29/h2-7,18-21,32,54H,8-17,22H2,1H3,(H2,45,59)(H,46,48,49)(H,47,55,57). The number of phenols is 1. The number of carbonyl (C=O) groups excluding carboxylic acids is 5. The first-order chi connectivity index (χ1) is 28.9. The highest BCUT2D eigenvalue weighted by molar-refractivity contribution is 6.35. The number of primary amides is 1. The van der Waals surface area contributed by atoms with Crippen molar-refractivity contribution in [1.82, 2.24) is 30.0 Å². The van der Waals surface area contributed by atoms with Crippen molar-refractivity contribution in [2.45, 2.75) is 31.8 Å². The summed E-state index contributed by atoms with van der Waals surface area (Å²) in [6, 6.07) is 15.7. The van der Waals surface area contributed by atoms with E-state index in [-0.39, 0.29) is 91.0 Å². The molecule has 1 unspecified atom stereocenters. The molecule has 5 aromatic rings. The van der Waals surface area contributed by atoms with Gasteiger partial charge in [-0.05, 0) is 64.7 Å². The summed E-state index contributed by atoms with van der Waals surface area (Å²) in [5.41, 5.74) is 7.12. The van der Waals surface area contributed by atoms with Crippen LogP contribution in [-0.4, -0.2) is 118 Å². The van der Waals surface area contributed by atoms with Gasteiger partial charge in [0.1, 0.15) is 35.5 Å². The van der Waals surface area contributed by atoms with E-state index in [1.54, 1.807) is 37.4 Å². The molecule has 1 atom stereocenters. The van der Waals surface area contributed by atoms with Crippen molar-refractivity contribution in [1.29, 1.82) is 0 Å². The van der Waals surface area contributed by atoms with Gasteiger partial charge in [0.15, 0.2) is 5.82 Å². The van der Waals surface area contributed by atoms with Crippen LogP contribution in [0.3, 0.4) is 0 Å². The molecule has 16 nitrogen and oxygen atoms in total. The number of fused-ring (bicyclic) bond motifs is 3. The fraction of sp³-hybridized carbons (Fsp3) is 0.310. The molecule has 0 spiro atoms. The highest BCUT2D eigenvalue weighted by Crippen LogP contribution is 2.42. The Balaban J connectivity index is 0.945. The number of anilines is 2. The number of hydrogen-bond acceptors (Lipinski definition) is 11. The normalized spacial score (nSPS) is 16.6. The van der Waals surface area contributed by atoms with Gasteiger partial charge in [0.2, 0.25) is 23.7 Å². The van der Waals surface area contributed by atoms with Gasteiger partial charge in [-0.1, -0.05) is 35.9 Å². The number of aromatic nitrogens is 2. The van der Waals surface area contributed by atoms with Crippen LogP contribution in [0.5, 0.6) is 11.5 Å². The van der Waals surface area contributed by atoms with Crippen LogP contribution in [-0.2, 0) is 20.9 Å². The fourth-order valence-electron chi connectivity index (χ4n) is 7.92. The minimum Gasteiger partial charge on any atom is -0.508 e. The molecule has 2 fully saturated rings. The van der Waals surface area contributed by atoms with Crippen molar-refractivity contribution in [3.05, 3.63) is 82.6 Å². The number of nitrogens with one attached hydrogen (secondary N) is 2. The number of amides is 6. The molecule has 6 amide bonds. The van der Waals surface area contributed by atoms with Crippen molar-refractivity contribution in [2.75, 3.05) is 63.1 Å². The number of piperazine rings is 1. The number of imide groups is 1. The second-order valence-electron chi connectivity index (χ2n) is 14.9. The first kappa shape index (κ1) is 40.0. The van der Waals surface area contributed by atoms with Gasteiger partial charge in [-0.3, -0.25) is 24.5 Å². The molecule has 2 saturated heterocycles. The molecule has 0 bridgehead atoms. The molecule has 0 aliphatic carbocycles. The van der Waals surface area contributed by atoms with Gasteiger partial charge in [0, 0.05) is 75.7 Å². The van der Waals surface area contributed by atoms with Crippen LogP contribution in [0.25, 0.3) is 32.8 Å². The van der Waals surface area contributed by atoms with E-state index in [1.165, 1.54) is 20.8 Å². The van der Waals surface area contributed by atoms with Crippen LogP contribution in [0.1, 0.15) is 35.2 Å². The van der Waals surface area contributed by atoms with E-state index in [0.717, 1.165) is 0 Å². The van der Waals surface area contributed by atoms with Crippen molar-refractivity contribution in [3.8, 4) is 22.6 Å². The highest BCUT2D eigenvalue weighted by atomic mass is 35.5. The van der Waals surface area contributed by atoms with Gasteiger partial charge in [-0.15, -0.1) is 0 Å². The number of phenolic OH excluding ortho intramolecular Hbond substituents is 1. The number of benzene rings is 4. The second-order valence-corrected chi connectivity index (χ2v) is 15.3. The second kappa shape index (κ2) is 16.5. The lowest BCUT2D eigenvalue weighted by Crippen LogP contribution is -2.52. The van der Waals surface area contributed by atoms with Crippen molar-refractivity contribution >= 4 is 74.7 Å². The molecule has 4 heterocycles. The topological polar surface area (TPSA) is 204 Å². The summed E-state index contributed by atoms with van der Waals surface area (Å²) in [7, 11) is 1.65. The number of piperidine rings is 1. The molecule has 8 rings (SSSR count). The van der Waals surface area contributed by atoms with E-state index >= 15 is 4.39 Å². The van der Waals surface area contributed by atoms with Gasteiger partial charge in [0.25, 0.3) is 5.91 Å². The Kier molecular flexibility index (Phi) is 11.0. The number of nitrogens with zero attached hydrogens (tertiary/aromatic N) is 6.